The SMILES string of the molecule is NC1(C(=O)N2CCCN(CCO)CC2)CCOC1. The van der Waals surface area contributed by atoms with E-state index in [9.17, 15) is 4.79 Å². The number of ether oxygens (including phenoxy) is 1. The van der Waals surface area contributed by atoms with Crippen molar-refractivity contribution in [3.63, 3.8) is 0 Å². The average molecular weight is 257 g/mol. The number of amides is 1. The summed E-state index contributed by atoms with van der Waals surface area (Å²) >= 11 is 0. The summed E-state index contributed by atoms with van der Waals surface area (Å²) in [7, 11) is 0. The van der Waals surface area contributed by atoms with Crippen LogP contribution in [0.25, 0.3) is 0 Å². The van der Waals surface area contributed by atoms with E-state index < -0.39 is 5.54 Å². The van der Waals surface area contributed by atoms with E-state index in [0.717, 1.165) is 26.1 Å². The molecule has 0 aliphatic carbocycles. The highest BCUT2D eigenvalue weighted by molar-refractivity contribution is 5.86. The van der Waals surface area contributed by atoms with Gasteiger partial charge in [0.15, 0.2) is 0 Å². The summed E-state index contributed by atoms with van der Waals surface area (Å²) in [4.78, 5) is 16.4. The summed E-state index contributed by atoms with van der Waals surface area (Å²) in [6.07, 6.45) is 1.55. The Labute approximate surface area is 108 Å². The lowest BCUT2D eigenvalue weighted by Gasteiger charge is -2.29. The minimum absolute atomic E-state index is 0.0193. The van der Waals surface area contributed by atoms with Crippen molar-refractivity contribution in [3.05, 3.63) is 0 Å². The van der Waals surface area contributed by atoms with Gasteiger partial charge in [-0.05, 0) is 19.4 Å². The zero-order chi connectivity index (χ0) is 13.0. The van der Waals surface area contributed by atoms with Crippen LogP contribution in [0.1, 0.15) is 12.8 Å². The number of carbonyl (C=O) groups excluding carboxylic acids is 1. The van der Waals surface area contributed by atoms with E-state index in [1.807, 2.05) is 4.90 Å². The fraction of sp³-hybridized carbons (Fsp3) is 0.917. The predicted molar refractivity (Wildman–Crippen MR) is 67.1 cm³/mol. The quantitative estimate of drug-likeness (QED) is 0.652. The maximum absolute atomic E-state index is 12.4. The molecule has 0 radical (unpaired) electrons. The van der Waals surface area contributed by atoms with E-state index in [1.54, 1.807) is 0 Å². The topological polar surface area (TPSA) is 79.0 Å². The first kappa shape index (κ1) is 13.7. The Morgan fingerprint density at radius 1 is 1.33 bits per heavy atom. The molecule has 6 heteroatoms. The van der Waals surface area contributed by atoms with E-state index in [4.69, 9.17) is 15.6 Å². The summed E-state index contributed by atoms with van der Waals surface area (Å²) in [5.41, 5.74) is 5.29. The molecular weight excluding hydrogens is 234 g/mol. The monoisotopic (exact) mass is 257 g/mol. The molecule has 2 aliphatic rings. The molecule has 0 spiro atoms. The van der Waals surface area contributed by atoms with E-state index in [0.29, 0.717) is 32.7 Å². The zero-order valence-corrected chi connectivity index (χ0v) is 10.8. The Kier molecular flexibility index (Phi) is 4.55. The lowest BCUT2D eigenvalue weighted by molar-refractivity contribution is -0.136. The Hall–Kier alpha value is -0.690. The zero-order valence-electron chi connectivity index (χ0n) is 10.8. The number of rotatable bonds is 3. The second-order valence-electron chi connectivity index (χ2n) is 5.17. The van der Waals surface area contributed by atoms with Crippen molar-refractivity contribution in [2.24, 2.45) is 5.73 Å². The lowest BCUT2D eigenvalue weighted by Crippen LogP contribution is -2.56. The molecule has 2 rings (SSSR count). The Balaban J connectivity index is 1.91. The van der Waals surface area contributed by atoms with Gasteiger partial charge in [-0.25, -0.2) is 0 Å². The van der Waals surface area contributed by atoms with Crippen LogP contribution in [0.4, 0.5) is 0 Å². The number of carbonyl (C=O) groups is 1. The van der Waals surface area contributed by atoms with Gasteiger partial charge in [0, 0.05) is 32.8 Å². The van der Waals surface area contributed by atoms with Gasteiger partial charge in [0.25, 0.3) is 0 Å². The van der Waals surface area contributed by atoms with Crippen molar-refractivity contribution in [2.75, 3.05) is 52.5 Å². The van der Waals surface area contributed by atoms with Gasteiger partial charge < -0.3 is 20.5 Å². The molecular formula is C12H23N3O3. The van der Waals surface area contributed by atoms with Crippen LogP contribution in [-0.2, 0) is 9.53 Å². The van der Waals surface area contributed by atoms with Crippen LogP contribution in [0.2, 0.25) is 0 Å². The van der Waals surface area contributed by atoms with Crippen LogP contribution >= 0.6 is 0 Å². The normalized spacial score (nSPS) is 30.4. The molecule has 0 aromatic carbocycles. The highest BCUT2D eigenvalue weighted by atomic mass is 16.5. The Morgan fingerprint density at radius 3 is 2.83 bits per heavy atom. The molecule has 0 saturated carbocycles. The van der Waals surface area contributed by atoms with Gasteiger partial charge in [0.1, 0.15) is 5.54 Å². The fourth-order valence-corrected chi connectivity index (χ4v) is 2.60. The highest BCUT2D eigenvalue weighted by Crippen LogP contribution is 2.19. The minimum atomic E-state index is -0.813. The van der Waals surface area contributed by atoms with Crippen molar-refractivity contribution in [2.45, 2.75) is 18.4 Å². The molecule has 2 fully saturated rings. The molecule has 2 aliphatic heterocycles. The van der Waals surface area contributed by atoms with Gasteiger partial charge in [0.05, 0.1) is 13.2 Å². The van der Waals surface area contributed by atoms with Gasteiger partial charge in [-0.15, -0.1) is 0 Å². The third-order valence-electron chi connectivity index (χ3n) is 3.77. The van der Waals surface area contributed by atoms with Crippen molar-refractivity contribution in [3.8, 4) is 0 Å². The number of hydrogen-bond donors (Lipinski definition) is 2. The third-order valence-corrected chi connectivity index (χ3v) is 3.77. The number of β-amino-alcohol motifs (C(OH)–C–C–N with tert-alkyl or cyclic N) is 1. The molecule has 1 amide bonds. The molecule has 2 saturated heterocycles. The first-order chi connectivity index (χ1) is 8.65. The van der Waals surface area contributed by atoms with Crippen LogP contribution in [-0.4, -0.2) is 78.9 Å². The van der Waals surface area contributed by atoms with Crippen LogP contribution in [0.5, 0.6) is 0 Å². The molecule has 0 bridgehead atoms. The van der Waals surface area contributed by atoms with Gasteiger partial charge in [-0.2, -0.15) is 0 Å². The molecule has 2 heterocycles. The average Bonchev–Trinajstić information content (AvgIpc) is 2.68. The van der Waals surface area contributed by atoms with Gasteiger partial charge >= 0.3 is 0 Å². The van der Waals surface area contributed by atoms with Crippen molar-refractivity contribution in [1.29, 1.82) is 0 Å². The second kappa shape index (κ2) is 5.97. The fourth-order valence-electron chi connectivity index (χ4n) is 2.60. The summed E-state index contributed by atoms with van der Waals surface area (Å²) in [6, 6.07) is 0. The molecule has 18 heavy (non-hydrogen) atoms. The number of nitrogens with two attached hydrogens (primary N) is 1. The first-order valence-electron chi connectivity index (χ1n) is 6.65. The molecule has 0 aromatic heterocycles. The maximum Gasteiger partial charge on any atom is 0.245 e. The van der Waals surface area contributed by atoms with E-state index in [2.05, 4.69) is 4.90 Å². The van der Waals surface area contributed by atoms with Gasteiger partial charge in [0.2, 0.25) is 5.91 Å². The number of hydrogen-bond acceptors (Lipinski definition) is 5. The lowest BCUT2D eigenvalue weighted by atomic mass is 9.98. The molecule has 1 atom stereocenters. The first-order valence-corrected chi connectivity index (χ1v) is 6.65. The maximum atomic E-state index is 12.4. The Bertz CT molecular complexity index is 292. The van der Waals surface area contributed by atoms with Crippen LogP contribution in [0.3, 0.4) is 0 Å². The van der Waals surface area contributed by atoms with Crippen LogP contribution < -0.4 is 5.73 Å². The van der Waals surface area contributed by atoms with Gasteiger partial charge in [-0.3, -0.25) is 9.69 Å². The largest absolute Gasteiger partial charge is 0.395 e. The van der Waals surface area contributed by atoms with Crippen molar-refractivity contribution >= 4 is 5.91 Å². The van der Waals surface area contributed by atoms with Gasteiger partial charge in [-0.1, -0.05) is 0 Å². The van der Waals surface area contributed by atoms with Crippen LogP contribution in [0.15, 0.2) is 0 Å². The summed E-state index contributed by atoms with van der Waals surface area (Å²) in [5.74, 6) is 0.0193. The molecule has 104 valence electrons. The predicted octanol–water partition coefficient (Wildman–Crippen LogP) is -1.37. The molecule has 1 unspecified atom stereocenters. The van der Waals surface area contributed by atoms with Crippen LogP contribution in [0, 0.1) is 0 Å². The minimum Gasteiger partial charge on any atom is -0.395 e. The summed E-state index contributed by atoms with van der Waals surface area (Å²) in [5, 5.41) is 8.94. The van der Waals surface area contributed by atoms with E-state index in [-0.39, 0.29) is 12.5 Å². The number of nitrogens with zero attached hydrogens (tertiary/aromatic N) is 2. The molecule has 6 nitrogen and oxygen atoms in total. The van der Waals surface area contributed by atoms with Crippen molar-refractivity contribution in [1.82, 2.24) is 9.80 Å². The molecule has 0 aromatic rings. The van der Waals surface area contributed by atoms with E-state index >= 15 is 0 Å². The molecule has 3 N–H and O–H groups in total. The second-order valence-corrected chi connectivity index (χ2v) is 5.17. The standard InChI is InChI=1S/C12H23N3O3/c13-12(2-9-18-10-12)11(17)15-4-1-3-14(5-6-15)7-8-16/h16H,1-10,13H2. The Morgan fingerprint density at radius 2 is 2.17 bits per heavy atom. The van der Waals surface area contributed by atoms with E-state index in [1.165, 1.54) is 0 Å². The summed E-state index contributed by atoms with van der Waals surface area (Å²) in [6.45, 7) is 4.94. The highest BCUT2D eigenvalue weighted by Gasteiger charge is 2.41. The van der Waals surface area contributed by atoms with Crippen molar-refractivity contribution < 1.29 is 14.6 Å². The number of aliphatic hydroxyl groups is 1. The number of aliphatic hydroxyl groups excluding tert-OH is 1. The summed E-state index contributed by atoms with van der Waals surface area (Å²) < 4.78 is 5.25. The smallest absolute Gasteiger partial charge is 0.245 e. The third kappa shape index (κ3) is 3.00.